The third-order valence-corrected chi connectivity index (χ3v) is 3.53. The van der Waals surface area contributed by atoms with Crippen molar-refractivity contribution >= 4 is 17.5 Å². The Morgan fingerprint density at radius 2 is 2.26 bits per heavy atom. The van der Waals surface area contributed by atoms with E-state index in [1.165, 1.54) is 6.33 Å². The van der Waals surface area contributed by atoms with Crippen LogP contribution in [0.4, 0.5) is 11.6 Å². The number of rotatable bonds is 4. The average Bonchev–Trinajstić information content (AvgIpc) is 2.86. The van der Waals surface area contributed by atoms with Crippen LogP contribution in [-0.4, -0.2) is 35.5 Å². The highest BCUT2D eigenvalue weighted by molar-refractivity contribution is 5.84. The standard InChI is InChI=1S/C13H21N5O/c1-8(2)10-12(15-3)16-7-17-13(10)18-6-4-5-9(18)11(14)19/h7-9H,4-6H2,1-3H3,(H2,14,19)(H,15,16,17). The van der Waals surface area contributed by atoms with Gasteiger partial charge in [-0.05, 0) is 18.8 Å². The molecule has 1 saturated heterocycles. The lowest BCUT2D eigenvalue weighted by molar-refractivity contribution is -0.119. The molecule has 0 radical (unpaired) electrons. The number of nitrogens with zero attached hydrogens (tertiary/aromatic N) is 3. The van der Waals surface area contributed by atoms with Gasteiger partial charge >= 0.3 is 0 Å². The Hall–Kier alpha value is -1.85. The molecule has 0 aromatic carbocycles. The third kappa shape index (κ3) is 2.47. The predicted octanol–water partition coefficient (Wildman–Crippen LogP) is 1.10. The summed E-state index contributed by atoms with van der Waals surface area (Å²) in [6.45, 7) is 5.00. The highest BCUT2D eigenvalue weighted by atomic mass is 16.1. The minimum absolute atomic E-state index is 0.253. The van der Waals surface area contributed by atoms with Crippen LogP contribution in [0.1, 0.15) is 38.2 Å². The van der Waals surface area contributed by atoms with Crippen LogP contribution in [0.5, 0.6) is 0 Å². The van der Waals surface area contributed by atoms with E-state index in [1.807, 2.05) is 11.9 Å². The fourth-order valence-electron chi connectivity index (χ4n) is 2.66. The van der Waals surface area contributed by atoms with Gasteiger partial charge in [0.05, 0.1) is 0 Å². The van der Waals surface area contributed by atoms with Gasteiger partial charge < -0.3 is 16.0 Å². The van der Waals surface area contributed by atoms with Crippen LogP contribution >= 0.6 is 0 Å². The maximum absolute atomic E-state index is 11.5. The number of carbonyl (C=O) groups is 1. The molecule has 0 aliphatic carbocycles. The van der Waals surface area contributed by atoms with Crippen molar-refractivity contribution in [3.63, 3.8) is 0 Å². The molecule has 1 aliphatic rings. The van der Waals surface area contributed by atoms with E-state index in [0.29, 0.717) is 0 Å². The van der Waals surface area contributed by atoms with E-state index in [2.05, 4.69) is 29.1 Å². The molecule has 1 amide bonds. The van der Waals surface area contributed by atoms with Gasteiger partial charge in [-0.1, -0.05) is 13.8 Å². The molecule has 0 saturated carbocycles. The largest absolute Gasteiger partial charge is 0.373 e. The highest BCUT2D eigenvalue weighted by Crippen LogP contribution is 2.34. The summed E-state index contributed by atoms with van der Waals surface area (Å²) in [6.07, 6.45) is 3.29. The van der Waals surface area contributed by atoms with Gasteiger partial charge in [-0.3, -0.25) is 4.79 Å². The third-order valence-electron chi connectivity index (χ3n) is 3.53. The van der Waals surface area contributed by atoms with Crippen molar-refractivity contribution in [2.24, 2.45) is 5.73 Å². The minimum Gasteiger partial charge on any atom is -0.373 e. The summed E-state index contributed by atoms with van der Waals surface area (Å²) in [5.74, 6) is 1.63. The molecule has 0 spiro atoms. The molecular weight excluding hydrogens is 242 g/mol. The molecule has 1 atom stereocenters. The number of primary amides is 1. The van der Waals surface area contributed by atoms with Crippen LogP contribution in [-0.2, 0) is 4.79 Å². The normalized spacial score (nSPS) is 18.9. The quantitative estimate of drug-likeness (QED) is 0.849. The Labute approximate surface area is 113 Å². The molecule has 1 unspecified atom stereocenters. The summed E-state index contributed by atoms with van der Waals surface area (Å²) in [5, 5.41) is 3.09. The summed E-state index contributed by atoms with van der Waals surface area (Å²) in [5.41, 5.74) is 6.52. The SMILES string of the molecule is CNc1ncnc(N2CCCC2C(N)=O)c1C(C)C. The number of hydrogen-bond donors (Lipinski definition) is 2. The second kappa shape index (κ2) is 5.42. The van der Waals surface area contributed by atoms with Crippen LogP contribution in [0, 0.1) is 0 Å². The maximum atomic E-state index is 11.5. The zero-order valence-corrected chi connectivity index (χ0v) is 11.7. The number of carbonyl (C=O) groups excluding carboxylic acids is 1. The number of nitrogens with two attached hydrogens (primary N) is 1. The van der Waals surface area contributed by atoms with E-state index < -0.39 is 0 Å². The van der Waals surface area contributed by atoms with Gasteiger partial charge in [-0.25, -0.2) is 9.97 Å². The maximum Gasteiger partial charge on any atom is 0.240 e. The van der Waals surface area contributed by atoms with E-state index >= 15 is 0 Å². The molecule has 1 aromatic rings. The summed E-state index contributed by atoms with van der Waals surface area (Å²) in [4.78, 5) is 22.2. The molecule has 19 heavy (non-hydrogen) atoms. The van der Waals surface area contributed by atoms with Crippen LogP contribution in [0.25, 0.3) is 0 Å². The van der Waals surface area contributed by atoms with Gasteiger partial charge in [-0.2, -0.15) is 0 Å². The highest BCUT2D eigenvalue weighted by Gasteiger charge is 2.32. The fourth-order valence-corrected chi connectivity index (χ4v) is 2.66. The molecule has 1 aliphatic heterocycles. The van der Waals surface area contributed by atoms with Crippen molar-refractivity contribution < 1.29 is 4.79 Å². The van der Waals surface area contributed by atoms with E-state index in [4.69, 9.17) is 5.73 Å². The molecule has 2 rings (SSSR count). The summed E-state index contributed by atoms with van der Waals surface area (Å²) in [6, 6.07) is -0.253. The first-order chi connectivity index (χ1) is 9.06. The number of aromatic nitrogens is 2. The van der Waals surface area contributed by atoms with E-state index in [9.17, 15) is 4.79 Å². The van der Waals surface area contributed by atoms with Crippen molar-refractivity contribution in [3.8, 4) is 0 Å². The van der Waals surface area contributed by atoms with Crippen LogP contribution in [0.15, 0.2) is 6.33 Å². The van der Waals surface area contributed by atoms with Crippen LogP contribution in [0.3, 0.4) is 0 Å². The number of nitrogens with one attached hydrogen (secondary N) is 1. The second-order valence-corrected chi connectivity index (χ2v) is 5.12. The molecule has 0 bridgehead atoms. The second-order valence-electron chi connectivity index (χ2n) is 5.12. The van der Waals surface area contributed by atoms with Crippen LogP contribution < -0.4 is 16.0 Å². The van der Waals surface area contributed by atoms with Crippen molar-refractivity contribution in [1.29, 1.82) is 0 Å². The minimum atomic E-state index is -0.281. The zero-order valence-electron chi connectivity index (χ0n) is 11.7. The Bertz CT molecular complexity index is 474. The molecule has 3 N–H and O–H groups in total. The first-order valence-electron chi connectivity index (χ1n) is 6.64. The Morgan fingerprint density at radius 3 is 2.84 bits per heavy atom. The monoisotopic (exact) mass is 263 g/mol. The zero-order chi connectivity index (χ0) is 14.0. The molecule has 104 valence electrons. The lowest BCUT2D eigenvalue weighted by atomic mass is 10.0. The lowest BCUT2D eigenvalue weighted by Crippen LogP contribution is -2.41. The number of amides is 1. The average molecular weight is 263 g/mol. The lowest BCUT2D eigenvalue weighted by Gasteiger charge is -2.27. The topological polar surface area (TPSA) is 84.1 Å². The van der Waals surface area contributed by atoms with Gasteiger partial charge in [0.1, 0.15) is 24.0 Å². The predicted molar refractivity (Wildman–Crippen MR) is 75.2 cm³/mol. The van der Waals surface area contributed by atoms with E-state index in [1.54, 1.807) is 0 Å². The smallest absolute Gasteiger partial charge is 0.240 e. The molecule has 6 nitrogen and oxygen atoms in total. The molecular formula is C13H21N5O. The van der Waals surface area contributed by atoms with Gasteiger partial charge in [0, 0.05) is 19.2 Å². The summed E-state index contributed by atoms with van der Waals surface area (Å²) < 4.78 is 0. The van der Waals surface area contributed by atoms with Crippen molar-refractivity contribution in [3.05, 3.63) is 11.9 Å². The Kier molecular flexibility index (Phi) is 3.87. The van der Waals surface area contributed by atoms with Gasteiger partial charge in [-0.15, -0.1) is 0 Å². The van der Waals surface area contributed by atoms with E-state index in [0.717, 1.165) is 36.6 Å². The van der Waals surface area contributed by atoms with E-state index in [-0.39, 0.29) is 17.9 Å². The van der Waals surface area contributed by atoms with Gasteiger partial charge in [0.15, 0.2) is 0 Å². The number of hydrogen-bond acceptors (Lipinski definition) is 5. The van der Waals surface area contributed by atoms with Crippen molar-refractivity contribution in [2.75, 3.05) is 23.8 Å². The van der Waals surface area contributed by atoms with Gasteiger partial charge in [0.25, 0.3) is 0 Å². The molecule has 1 fully saturated rings. The van der Waals surface area contributed by atoms with Crippen molar-refractivity contribution in [2.45, 2.75) is 38.6 Å². The Morgan fingerprint density at radius 1 is 1.53 bits per heavy atom. The molecule has 6 heteroatoms. The first-order valence-corrected chi connectivity index (χ1v) is 6.64. The van der Waals surface area contributed by atoms with Crippen molar-refractivity contribution in [1.82, 2.24) is 9.97 Å². The molecule has 1 aromatic heterocycles. The Balaban J connectivity index is 2.46. The van der Waals surface area contributed by atoms with Gasteiger partial charge in [0.2, 0.25) is 5.91 Å². The first kappa shape index (κ1) is 13.6. The summed E-state index contributed by atoms with van der Waals surface area (Å²) >= 11 is 0. The molecule has 2 heterocycles. The number of anilines is 2. The fraction of sp³-hybridized carbons (Fsp3) is 0.615. The van der Waals surface area contributed by atoms with Crippen LogP contribution in [0.2, 0.25) is 0 Å². The summed E-state index contributed by atoms with van der Waals surface area (Å²) in [7, 11) is 1.84.